The van der Waals surface area contributed by atoms with Gasteiger partial charge in [0.2, 0.25) is 0 Å². The van der Waals surface area contributed by atoms with Gasteiger partial charge < -0.3 is 5.32 Å². The van der Waals surface area contributed by atoms with E-state index in [1.54, 1.807) is 6.08 Å². The summed E-state index contributed by atoms with van der Waals surface area (Å²) in [4.78, 5) is 20.8. The van der Waals surface area contributed by atoms with Gasteiger partial charge in [-0.3, -0.25) is 9.78 Å². The molecule has 2 aliphatic rings. The molecule has 29 heavy (non-hydrogen) atoms. The summed E-state index contributed by atoms with van der Waals surface area (Å²) in [5.41, 5.74) is 7.49. The molecule has 0 amide bonds. The van der Waals surface area contributed by atoms with Crippen LogP contribution in [0.15, 0.2) is 54.0 Å². The van der Waals surface area contributed by atoms with Gasteiger partial charge in [0.15, 0.2) is 11.4 Å². The molecule has 0 fully saturated rings. The van der Waals surface area contributed by atoms with E-state index in [1.807, 2.05) is 43.0 Å². The number of aryl methyl sites for hydroxylation is 2. The first-order valence-electron chi connectivity index (χ1n) is 10.0. The molecule has 3 aromatic heterocycles. The topological polar surface area (TPSA) is 72.2 Å². The van der Waals surface area contributed by atoms with Crippen molar-refractivity contribution < 1.29 is 4.79 Å². The molecule has 146 valence electrons. The second kappa shape index (κ2) is 6.95. The fourth-order valence-electron chi connectivity index (χ4n) is 4.22. The van der Waals surface area contributed by atoms with E-state index in [9.17, 15) is 4.79 Å². The molecule has 0 radical (unpaired) electrons. The predicted octanol–water partition coefficient (Wildman–Crippen LogP) is 4.20. The largest absolute Gasteiger partial charge is 0.367 e. The molecule has 0 saturated heterocycles. The van der Waals surface area contributed by atoms with Gasteiger partial charge in [0.25, 0.3) is 0 Å². The molecule has 3 heterocycles. The van der Waals surface area contributed by atoms with Crippen LogP contribution in [-0.2, 0) is 4.79 Å². The van der Waals surface area contributed by atoms with Gasteiger partial charge in [-0.25, -0.2) is 4.98 Å². The number of hydrogen-bond donors (Lipinski definition) is 1. The van der Waals surface area contributed by atoms with Crippen molar-refractivity contribution in [3.05, 3.63) is 65.1 Å². The van der Waals surface area contributed by atoms with Crippen molar-refractivity contribution in [1.29, 1.82) is 0 Å². The van der Waals surface area contributed by atoms with Crippen LogP contribution in [0.1, 0.15) is 36.8 Å². The maximum Gasteiger partial charge on any atom is 0.160 e. The molecule has 0 aliphatic heterocycles. The third-order valence-corrected chi connectivity index (χ3v) is 5.74. The van der Waals surface area contributed by atoms with Gasteiger partial charge >= 0.3 is 0 Å². The molecule has 1 unspecified atom stereocenters. The Morgan fingerprint density at radius 2 is 2.03 bits per heavy atom. The number of pyridine rings is 1. The van der Waals surface area contributed by atoms with E-state index in [0.29, 0.717) is 12.5 Å². The number of nitrogens with one attached hydrogen (secondary N) is 1. The quantitative estimate of drug-likeness (QED) is 0.732. The third-order valence-electron chi connectivity index (χ3n) is 5.74. The number of fused-ring (bicyclic) bond motifs is 1. The number of nitrogens with zero attached hydrogens (tertiary/aromatic N) is 4. The van der Waals surface area contributed by atoms with E-state index in [1.165, 1.54) is 11.1 Å². The van der Waals surface area contributed by atoms with E-state index in [-0.39, 0.29) is 5.78 Å². The van der Waals surface area contributed by atoms with Crippen molar-refractivity contribution >= 4 is 17.2 Å². The van der Waals surface area contributed by atoms with Crippen LogP contribution >= 0.6 is 0 Å². The molecule has 0 aromatic carbocycles. The fourth-order valence-corrected chi connectivity index (χ4v) is 4.22. The Bertz CT molecular complexity index is 1190. The lowest BCUT2D eigenvalue weighted by Crippen LogP contribution is -2.26. The molecular weight excluding hydrogens is 362 g/mol. The van der Waals surface area contributed by atoms with Crippen molar-refractivity contribution in [3.8, 4) is 11.3 Å². The second-order valence-electron chi connectivity index (χ2n) is 8.03. The highest BCUT2D eigenvalue weighted by atomic mass is 16.1. The summed E-state index contributed by atoms with van der Waals surface area (Å²) in [6.45, 7) is 4.06. The average molecular weight is 385 g/mol. The zero-order chi connectivity index (χ0) is 20.0. The molecule has 1 atom stereocenters. The minimum absolute atomic E-state index is 0.217. The first-order chi connectivity index (χ1) is 14.1. The third kappa shape index (κ3) is 3.35. The Labute approximate surface area is 169 Å². The first kappa shape index (κ1) is 17.8. The molecule has 6 heteroatoms. The van der Waals surface area contributed by atoms with Crippen LogP contribution in [0.3, 0.4) is 0 Å². The van der Waals surface area contributed by atoms with Crippen molar-refractivity contribution in [2.75, 3.05) is 5.32 Å². The number of allylic oxidation sites excluding steroid dienone is 3. The van der Waals surface area contributed by atoms with Crippen LogP contribution in [-0.4, -0.2) is 31.4 Å². The summed E-state index contributed by atoms with van der Waals surface area (Å²) in [7, 11) is 0. The summed E-state index contributed by atoms with van der Waals surface area (Å²) in [6.07, 6.45) is 12.7. The SMILES string of the molecule is Cc1cncc(-c2cc(NC3CCC4=C(C=CC(=O)C4)C3)n3ncc(C)c3n2)c1. The number of carbonyl (C=O) groups is 1. The van der Waals surface area contributed by atoms with Crippen LogP contribution in [0.25, 0.3) is 16.9 Å². The fraction of sp³-hybridized carbons (Fsp3) is 0.304. The highest BCUT2D eigenvalue weighted by Gasteiger charge is 2.24. The number of rotatable bonds is 3. The Morgan fingerprint density at radius 3 is 2.90 bits per heavy atom. The van der Waals surface area contributed by atoms with Crippen molar-refractivity contribution in [2.24, 2.45) is 0 Å². The minimum Gasteiger partial charge on any atom is -0.367 e. The van der Waals surface area contributed by atoms with E-state index >= 15 is 0 Å². The van der Waals surface area contributed by atoms with Gasteiger partial charge in [0.1, 0.15) is 5.82 Å². The predicted molar refractivity (Wildman–Crippen MR) is 113 cm³/mol. The van der Waals surface area contributed by atoms with Gasteiger partial charge in [0.05, 0.1) is 11.9 Å². The van der Waals surface area contributed by atoms with Gasteiger partial charge in [-0.05, 0) is 56.4 Å². The normalized spacial score (nSPS) is 19.0. The highest BCUT2D eigenvalue weighted by molar-refractivity contribution is 5.93. The summed E-state index contributed by atoms with van der Waals surface area (Å²) < 4.78 is 1.88. The monoisotopic (exact) mass is 385 g/mol. The average Bonchev–Trinajstić information content (AvgIpc) is 3.09. The Hall–Kier alpha value is -3.28. The molecule has 6 nitrogen and oxygen atoms in total. The molecule has 0 saturated carbocycles. The lowest BCUT2D eigenvalue weighted by atomic mass is 9.83. The highest BCUT2D eigenvalue weighted by Crippen LogP contribution is 2.33. The van der Waals surface area contributed by atoms with Crippen LogP contribution in [0.2, 0.25) is 0 Å². The smallest absolute Gasteiger partial charge is 0.160 e. The van der Waals surface area contributed by atoms with Gasteiger partial charge in [-0.1, -0.05) is 11.6 Å². The van der Waals surface area contributed by atoms with Gasteiger partial charge in [-0.2, -0.15) is 9.61 Å². The lowest BCUT2D eigenvalue weighted by molar-refractivity contribution is -0.114. The molecule has 5 rings (SSSR count). The maximum absolute atomic E-state index is 11.7. The minimum atomic E-state index is 0.217. The first-order valence-corrected chi connectivity index (χ1v) is 10.0. The molecule has 2 aliphatic carbocycles. The van der Waals surface area contributed by atoms with Crippen LogP contribution in [0.5, 0.6) is 0 Å². The van der Waals surface area contributed by atoms with Crippen LogP contribution in [0, 0.1) is 13.8 Å². The number of hydrogen-bond acceptors (Lipinski definition) is 5. The van der Waals surface area contributed by atoms with Crippen molar-refractivity contribution in [2.45, 2.75) is 45.6 Å². The zero-order valence-corrected chi connectivity index (χ0v) is 16.6. The number of carbonyl (C=O) groups excluding carboxylic acids is 1. The van der Waals surface area contributed by atoms with Crippen molar-refractivity contribution in [1.82, 2.24) is 19.6 Å². The van der Waals surface area contributed by atoms with Gasteiger partial charge in [0, 0.05) is 42.0 Å². The maximum atomic E-state index is 11.7. The zero-order valence-electron chi connectivity index (χ0n) is 16.6. The summed E-state index contributed by atoms with van der Waals surface area (Å²) in [6, 6.07) is 4.45. The molecule has 0 spiro atoms. The molecular formula is C23H23N5O. The van der Waals surface area contributed by atoms with Crippen LogP contribution < -0.4 is 5.32 Å². The van der Waals surface area contributed by atoms with E-state index in [4.69, 9.17) is 4.98 Å². The van der Waals surface area contributed by atoms with Crippen molar-refractivity contribution in [3.63, 3.8) is 0 Å². The summed E-state index contributed by atoms with van der Waals surface area (Å²) >= 11 is 0. The molecule has 3 aromatic rings. The molecule has 0 bridgehead atoms. The summed E-state index contributed by atoms with van der Waals surface area (Å²) in [5, 5.41) is 8.23. The standard InChI is InChI=1S/C23H23N5O/c1-14-7-18(13-24-11-14)21-10-22(28-23(27-21)15(2)12-25-28)26-19-5-3-17-9-20(29)6-4-16(17)8-19/h4,6-7,10-13,19,26H,3,5,8-9H2,1-2H3. The lowest BCUT2D eigenvalue weighted by Gasteiger charge is -2.29. The summed E-state index contributed by atoms with van der Waals surface area (Å²) in [5.74, 6) is 1.15. The Kier molecular flexibility index (Phi) is 4.27. The van der Waals surface area contributed by atoms with E-state index in [2.05, 4.69) is 27.5 Å². The van der Waals surface area contributed by atoms with Gasteiger partial charge in [-0.15, -0.1) is 0 Å². The Balaban J connectivity index is 1.50. The molecule has 1 N–H and O–H groups in total. The number of aromatic nitrogens is 4. The van der Waals surface area contributed by atoms with E-state index in [0.717, 1.165) is 53.1 Å². The second-order valence-corrected chi connectivity index (χ2v) is 8.03. The number of anilines is 1. The number of ketones is 1. The van der Waals surface area contributed by atoms with Crippen LogP contribution in [0.4, 0.5) is 5.82 Å². The van der Waals surface area contributed by atoms with E-state index < -0.39 is 0 Å². The Morgan fingerprint density at radius 1 is 1.14 bits per heavy atom.